The standard InChI is InChI=1S/C14H21N3O3.HI/c1-5-7-16-14(15-6-2)17-9-11-8-12(10(3)20-11)13(18)19-4;/h5,8H,1,6-7,9H2,2-4H3,(H2,15,16,17);1H. The van der Waals surface area contributed by atoms with Crippen LogP contribution in [0.4, 0.5) is 0 Å². The Hall–Kier alpha value is -1.51. The van der Waals surface area contributed by atoms with Gasteiger partial charge in [-0.3, -0.25) is 0 Å². The second-order valence-corrected chi connectivity index (χ2v) is 4.04. The number of rotatable bonds is 6. The molecule has 2 N–H and O–H groups in total. The fourth-order valence-corrected chi connectivity index (χ4v) is 1.60. The van der Waals surface area contributed by atoms with Gasteiger partial charge in [0.05, 0.1) is 7.11 Å². The average Bonchev–Trinajstić information content (AvgIpc) is 2.82. The molecule has 0 aliphatic heterocycles. The summed E-state index contributed by atoms with van der Waals surface area (Å²) in [4.78, 5) is 15.8. The maximum absolute atomic E-state index is 11.5. The number of aliphatic imine (C=N–C) groups is 1. The number of aryl methyl sites for hydroxylation is 1. The van der Waals surface area contributed by atoms with Gasteiger partial charge >= 0.3 is 5.97 Å². The van der Waals surface area contributed by atoms with Gasteiger partial charge in [0.15, 0.2) is 5.96 Å². The predicted molar refractivity (Wildman–Crippen MR) is 93.2 cm³/mol. The second-order valence-electron chi connectivity index (χ2n) is 4.04. The number of halogens is 1. The molecule has 21 heavy (non-hydrogen) atoms. The van der Waals surface area contributed by atoms with E-state index in [9.17, 15) is 4.79 Å². The number of nitrogens with zero attached hydrogens (tertiary/aromatic N) is 1. The monoisotopic (exact) mass is 407 g/mol. The van der Waals surface area contributed by atoms with Crippen molar-refractivity contribution in [1.29, 1.82) is 0 Å². The largest absolute Gasteiger partial charge is 0.465 e. The Morgan fingerprint density at radius 3 is 2.81 bits per heavy atom. The molecule has 0 amide bonds. The normalized spacial score (nSPS) is 10.5. The molecule has 1 rings (SSSR count). The SMILES string of the molecule is C=CCNC(=NCc1cc(C(=O)OC)c(C)o1)NCC.I. The number of methoxy groups -OCH3 is 1. The predicted octanol–water partition coefficient (Wildman–Crippen LogP) is 2.23. The number of hydrogen-bond acceptors (Lipinski definition) is 4. The Labute approximate surface area is 142 Å². The Bertz CT molecular complexity index is 498. The van der Waals surface area contributed by atoms with Gasteiger partial charge in [-0.05, 0) is 19.9 Å². The molecule has 0 atom stereocenters. The van der Waals surface area contributed by atoms with E-state index in [1.54, 1.807) is 19.1 Å². The van der Waals surface area contributed by atoms with Crippen LogP contribution in [0.1, 0.15) is 28.8 Å². The molecule has 0 aliphatic rings. The first-order valence-corrected chi connectivity index (χ1v) is 6.43. The number of guanidine groups is 1. The van der Waals surface area contributed by atoms with Crippen LogP contribution in [0, 0.1) is 6.92 Å². The second kappa shape index (κ2) is 10.3. The van der Waals surface area contributed by atoms with Crippen molar-refractivity contribution >= 4 is 35.9 Å². The van der Waals surface area contributed by atoms with Crippen LogP contribution in [0.5, 0.6) is 0 Å². The summed E-state index contributed by atoms with van der Waals surface area (Å²) in [5.74, 6) is 1.41. The van der Waals surface area contributed by atoms with Gasteiger partial charge in [-0.2, -0.15) is 0 Å². The zero-order valence-corrected chi connectivity index (χ0v) is 14.9. The lowest BCUT2D eigenvalue weighted by molar-refractivity contribution is 0.0599. The number of nitrogens with one attached hydrogen (secondary N) is 2. The molecule has 0 aromatic carbocycles. The van der Waals surface area contributed by atoms with Crippen LogP contribution < -0.4 is 10.6 Å². The summed E-state index contributed by atoms with van der Waals surface area (Å²) in [6.45, 7) is 9.06. The summed E-state index contributed by atoms with van der Waals surface area (Å²) in [5.41, 5.74) is 0.432. The molecule has 0 radical (unpaired) electrons. The molecular weight excluding hydrogens is 385 g/mol. The lowest BCUT2D eigenvalue weighted by Gasteiger charge is -2.08. The third kappa shape index (κ3) is 6.19. The summed E-state index contributed by atoms with van der Waals surface area (Å²) >= 11 is 0. The molecule has 1 aromatic heterocycles. The van der Waals surface area contributed by atoms with Crippen LogP contribution in [0.25, 0.3) is 0 Å². The molecule has 118 valence electrons. The Morgan fingerprint density at radius 2 is 2.24 bits per heavy atom. The molecular formula is C14H22IN3O3. The molecule has 0 saturated carbocycles. The van der Waals surface area contributed by atoms with E-state index in [1.807, 2.05) is 6.92 Å². The van der Waals surface area contributed by atoms with Gasteiger partial charge in [-0.25, -0.2) is 9.79 Å². The van der Waals surface area contributed by atoms with Crippen LogP contribution in [0.15, 0.2) is 28.1 Å². The summed E-state index contributed by atoms with van der Waals surface area (Å²) in [7, 11) is 1.34. The zero-order chi connectivity index (χ0) is 15.0. The molecule has 7 heteroatoms. The van der Waals surface area contributed by atoms with Crippen molar-refractivity contribution in [2.75, 3.05) is 20.2 Å². The first kappa shape index (κ1) is 19.5. The summed E-state index contributed by atoms with van der Waals surface area (Å²) in [5, 5.41) is 6.18. The van der Waals surface area contributed by atoms with Crippen molar-refractivity contribution in [3.05, 3.63) is 35.8 Å². The minimum absolute atomic E-state index is 0. The minimum atomic E-state index is -0.404. The van der Waals surface area contributed by atoms with Crippen LogP contribution in [0.2, 0.25) is 0 Å². The van der Waals surface area contributed by atoms with Gasteiger partial charge in [0, 0.05) is 13.1 Å². The fraction of sp³-hybridized carbons (Fsp3) is 0.429. The van der Waals surface area contributed by atoms with Crippen LogP contribution in [-0.4, -0.2) is 32.1 Å². The molecule has 6 nitrogen and oxygen atoms in total. The highest BCUT2D eigenvalue weighted by molar-refractivity contribution is 14.0. The van der Waals surface area contributed by atoms with E-state index >= 15 is 0 Å². The van der Waals surface area contributed by atoms with Crippen LogP contribution in [-0.2, 0) is 11.3 Å². The van der Waals surface area contributed by atoms with Crippen molar-refractivity contribution in [2.45, 2.75) is 20.4 Å². The number of esters is 1. The number of hydrogen-bond donors (Lipinski definition) is 2. The number of carbonyl (C=O) groups excluding carboxylic acids is 1. The highest BCUT2D eigenvalue weighted by Gasteiger charge is 2.14. The highest BCUT2D eigenvalue weighted by Crippen LogP contribution is 2.16. The highest BCUT2D eigenvalue weighted by atomic mass is 127. The van der Waals surface area contributed by atoms with E-state index in [4.69, 9.17) is 4.42 Å². The van der Waals surface area contributed by atoms with Crippen molar-refractivity contribution in [2.24, 2.45) is 4.99 Å². The molecule has 0 spiro atoms. The minimum Gasteiger partial charge on any atom is -0.465 e. The van der Waals surface area contributed by atoms with E-state index in [-0.39, 0.29) is 24.0 Å². The van der Waals surface area contributed by atoms with Crippen molar-refractivity contribution in [3.8, 4) is 0 Å². The smallest absolute Gasteiger partial charge is 0.341 e. The average molecular weight is 407 g/mol. The fourth-order valence-electron chi connectivity index (χ4n) is 1.60. The summed E-state index contributed by atoms with van der Waals surface area (Å²) in [6, 6.07) is 1.65. The molecule has 1 aromatic rings. The first-order chi connectivity index (χ1) is 9.62. The van der Waals surface area contributed by atoms with E-state index in [0.717, 1.165) is 6.54 Å². The third-order valence-corrected chi connectivity index (χ3v) is 2.53. The number of carbonyl (C=O) groups is 1. The Balaban J connectivity index is 0.00000400. The van der Waals surface area contributed by atoms with E-state index in [1.165, 1.54) is 7.11 Å². The van der Waals surface area contributed by atoms with Gasteiger partial charge in [-0.1, -0.05) is 6.08 Å². The van der Waals surface area contributed by atoms with Gasteiger partial charge in [-0.15, -0.1) is 30.6 Å². The molecule has 0 aliphatic carbocycles. The molecule has 0 saturated heterocycles. The van der Waals surface area contributed by atoms with Crippen molar-refractivity contribution in [3.63, 3.8) is 0 Å². The lowest BCUT2D eigenvalue weighted by atomic mass is 10.2. The summed E-state index contributed by atoms with van der Waals surface area (Å²) < 4.78 is 10.2. The van der Waals surface area contributed by atoms with E-state index < -0.39 is 5.97 Å². The Morgan fingerprint density at radius 1 is 1.52 bits per heavy atom. The van der Waals surface area contributed by atoms with Gasteiger partial charge in [0.1, 0.15) is 23.6 Å². The third-order valence-electron chi connectivity index (χ3n) is 2.53. The maximum atomic E-state index is 11.5. The van der Waals surface area contributed by atoms with Crippen LogP contribution >= 0.6 is 24.0 Å². The quantitative estimate of drug-likeness (QED) is 0.249. The van der Waals surface area contributed by atoms with E-state index in [2.05, 4.69) is 26.9 Å². The molecule has 0 fully saturated rings. The molecule has 0 bridgehead atoms. The van der Waals surface area contributed by atoms with Crippen LogP contribution in [0.3, 0.4) is 0 Å². The first-order valence-electron chi connectivity index (χ1n) is 6.43. The summed E-state index contributed by atoms with van der Waals surface area (Å²) in [6.07, 6.45) is 1.75. The van der Waals surface area contributed by atoms with E-state index in [0.29, 0.717) is 36.1 Å². The van der Waals surface area contributed by atoms with Crippen molar-refractivity contribution < 1.29 is 13.9 Å². The van der Waals surface area contributed by atoms with Gasteiger partial charge in [0.25, 0.3) is 0 Å². The molecule has 1 heterocycles. The van der Waals surface area contributed by atoms with Gasteiger partial charge in [0.2, 0.25) is 0 Å². The zero-order valence-electron chi connectivity index (χ0n) is 12.6. The number of ether oxygens (including phenoxy) is 1. The topological polar surface area (TPSA) is 75.9 Å². The number of furan rings is 1. The maximum Gasteiger partial charge on any atom is 0.341 e. The molecule has 0 unspecified atom stereocenters. The van der Waals surface area contributed by atoms with Crippen molar-refractivity contribution in [1.82, 2.24) is 10.6 Å². The van der Waals surface area contributed by atoms with Gasteiger partial charge < -0.3 is 19.8 Å². The Kier molecular flexibility index (Phi) is 9.51. The lowest BCUT2D eigenvalue weighted by Crippen LogP contribution is -2.37.